The molecule has 2 aliphatic rings. The molecule has 37 heavy (non-hydrogen) atoms. The number of fused-ring (bicyclic) bond motifs is 3. The molecule has 6 heteroatoms. The number of ketones is 1. The fraction of sp³-hybridized carbons (Fsp3) is 0.323. The van der Waals surface area contributed by atoms with Gasteiger partial charge in [-0.25, -0.2) is 9.97 Å². The molecule has 3 aromatic rings. The molecule has 0 spiro atoms. The molecule has 0 saturated heterocycles. The summed E-state index contributed by atoms with van der Waals surface area (Å²) in [5.41, 5.74) is 5.04. The van der Waals surface area contributed by atoms with Gasteiger partial charge < -0.3 is 5.11 Å². The molecule has 6 nitrogen and oxygen atoms in total. The van der Waals surface area contributed by atoms with Gasteiger partial charge in [0.15, 0.2) is 5.78 Å². The molecule has 0 saturated carbocycles. The van der Waals surface area contributed by atoms with E-state index in [2.05, 4.69) is 18.2 Å². The number of carboxylic acids is 1. The number of aliphatic carboxylic acids is 1. The lowest BCUT2D eigenvalue weighted by atomic mass is 9.54. The Labute approximate surface area is 216 Å². The Balaban J connectivity index is 1.76. The van der Waals surface area contributed by atoms with E-state index in [1.807, 2.05) is 62.4 Å². The summed E-state index contributed by atoms with van der Waals surface area (Å²) in [6.45, 7) is 5.51. The van der Waals surface area contributed by atoms with Crippen LogP contribution in [0.3, 0.4) is 0 Å². The largest absolute Gasteiger partial charge is 0.481 e. The minimum atomic E-state index is -0.822. The number of nitriles is 1. The maximum atomic E-state index is 13.1. The third-order valence-electron chi connectivity index (χ3n) is 7.99. The lowest BCUT2D eigenvalue weighted by Gasteiger charge is -2.48. The number of carbonyl (C=O) groups excluding carboxylic acids is 1. The summed E-state index contributed by atoms with van der Waals surface area (Å²) in [6, 6.07) is 20.1. The van der Waals surface area contributed by atoms with Gasteiger partial charge in [0.1, 0.15) is 11.9 Å². The third-order valence-corrected chi connectivity index (χ3v) is 7.99. The van der Waals surface area contributed by atoms with Gasteiger partial charge in [0.05, 0.1) is 28.3 Å². The van der Waals surface area contributed by atoms with Crippen LogP contribution in [0.2, 0.25) is 0 Å². The van der Waals surface area contributed by atoms with Gasteiger partial charge in [-0.2, -0.15) is 5.26 Å². The van der Waals surface area contributed by atoms with E-state index in [1.165, 1.54) is 0 Å². The summed E-state index contributed by atoms with van der Waals surface area (Å²) in [5, 5.41) is 19.3. The van der Waals surface area contributed by atoms with Gasteiger partial charge >= 0.3 is 5.97 Å². The predicted molar refractivity (Wildman–Crippen MR) is 140 cm³/mol. The molecule has 0 fully saturated rings. The molecule has 0 aliphatic heterocycles. The van der Waals surface area contributed by atoms with Crippen molar-refractivity contribution in [3.05, 3.63) is 94.5 Å². The average molecular weight is 492 g/mol. The van der Waals surface area contributed by atoms with Crippen molar-refractivity contribution in [1.82, 2.24) is 9.97 Å². The first-order valence-corrected chi connectivity index (χ1v) is 12.7. The molecule has 4 atom stereocenters. The molecule has 1 heterocycles. The fourth-order valence-electron chi connectivity index (χ4n) is 6.19. The van der Waals surface area contributed by atoms with Gasteiger partial charge in [0, 0.05) is 17.0 Å². The SMILES string of the molecule is Cc1nc(-c2cccc(CC(C)C(=O)O)c2)c2c(n1)[C@@]1(c3ccccc3)C=C(C#N)C(=O)[C@@H](C)[C@@H]1CC2. The standard InChI is InChI=1S/C31H29N3O3/c1-18(30(36)37)14-21-8-7-9-22(15-21)27-25-12-13-26-19(2)28(35)23(17-32)16-31(26,24-10-5-4-6-11-24)29(25)34-20(3)33-27/h4-11,15-16,18-19,26H,12-14H2,1-3H3,(H,36,37)/t18?,19-,26-,31+/m0/s1. The minimum Gasteiger partial charge on any atom is -0.481 e. The highest BCUT2D eigenvalue weighted by molar-refractivity contribution is 6.02. The van der Waals surface area contributed by atoms with Crippen molar-refractivity contribution in [2.75, 3.05) is 0 Å². The van der Waals surface area contributed by atoms with Crippen LogP contribution in [0.15, 0.2) is 66.2 Å². The Hall–Kier alpha value is -4.11. The minimum absolute atomic E-state index is 0.0306. The fourth-order valence-corrected chi connectivity index (χ4v) is 6.19. The highest BCUT2D eigenvalue weighted by Gasteiger charge is 2.53. The van der Waals surface area contributed by atoms with E-state index >= 15 is 0 Å². The Bertz CT molecular complexity index is 1470. The van der Waals surface area contributed by atoms with Crippen LogP contribution in [0.5, 0.6) is 0 Å². The molecule has 5 rings (SSSR count). The first kappa shape index (κ1) is 24.6. The number of rotatable bonds is 5. The predicted octanol–water partition coefficient (Wildman–Crippen LogP) is 5.23. The normalized spacial score (nSPS) is 23.3. The van der Waals surface area contributed by atoms with E-state index in [9.17, 15) is 20.0 Å². The van der Waals surface area contributed by atoms with Crippen molar-refractivity contribution < 1.29 is 14.7 Å². The highest BCUT2D eigenvalue weighted by Crippen LogP contribution is 2.54. The number of aryl methyl sites for hydroxylation is 1. The second kappa shape index (κ2) is 9.40. The molecule has 2 aromatic carbocycles. The van der Waals surface area contributed by atoms with Gasteiger partial charge in [-0.05, 0) is 55.4 Å². The van der Waals surface area contributed by atoms with E-state index in [1.54, 1.807) is 6.92 Å². The number of hydrogen-bond donors (Lipinski definition) is 1. The van der Waals surface area contributed by atoms with Crippen molar-refractivity contribution in [3.8, 4) is 17.3 Å². The lowest BCUT2D eigenvalue weighted by Crippen LogP contribution is -2.48. The molecular weight excluding hydrogens is 462 g/mol. The number of allylic oxidation sites excluding steroid dienone is 2. The summed E-state index contributed by atoms with van der Waals surface area (Å²) in [4.78, 5) is 34.4. The van der Waals surface area contributed by atoms with Gasteiger partial charge in [-0.1, -0.05) is 62.4 Å². The van der Waals surface area contributed by atoms with Crippen molar-refractivity contribution >= 4 is 11.8 Å². The number of aromatic nitrogens is 2. The highest BCUT2D eigenvalue weighted by atomic mass is 16.4. The first-order chi connectivity index (χ1) is 17.8. The number of hydrogen-bond acceptors (Lipinski definition) is 5. The smallest absolute Gasteiger partial charge is 0.306 e. The Morgan fingerprint density at radius 3 is 2.65 bits per heavy atom. The van der Waals surface area contributed by atoms with Crippen molar-refractivity contribution in [3.63, 3.8) is 0 Å². The van der Waals surface area contributed by atoms with E-state index in [4.69, 9.17) is 9.97 Å². The monoisotopic (exact) mass is 491 g/mol. The Morgan fingerprint density at radius 1 is 1.19 bits per heavy atom. The molecule has 0 radical (unpaired) electrons. The van der Waals surface area contributed by atoms with Crippen LogP contribution >= 0.6 is 0 Å². The third kappa shape index (κ3) is 4.05. The number of benzene rings is 2. The van der Waals surface area contributed by atoms with Crippen molar-refractivity contribution in [1.29, 1.82) is 5.26 Å². The Kier molecular flexibility index (Phi) is 6.25. The van der Waals surface area contributed by atoms with E-state index in [-0.39, 0.29) is 23.2 Å². The van der Waals surface area contributed by atoms with Crippen LogP contribution in [0, 0.1) is 36.0 Å². The van der Waals surface area contributed by atoms with E-state index in [0.29, 0.717) is 18.7 Å². The zero-order valence-electron chi connectivity index (χ0n) is 21.2. The molecule has 1 N–H and O–H groups in total. The summed E-state index contributed by atoms with van der Waals surface area (Å²) < 4.78 is 0. The number of carbonyl (C=O) groups is 2. The van der Waals surface area contributed by atoms with Gasteiger partial charge in [-0.3, -0.25) is 9.59 Å². The molecular formula is C31H29N3O3. The van der Waals surface area contributed by atoms with Gasteiger partial charge in [0.2, 0.25) is 0 Å². The van der Waals surface area contributed by atoms with Crippen LogP contribution in [0.25, 0.3) is 11.3 Å². The van der Waals surface area contributed by atoms with Crippen LogP contribution in [0.4, 0.5) is 0 Å². The summed E-state index contributed by atoms with van der Waals surface area (Å²) in [5.74, 6) is -1.14. The summed E-state index contributed by atoms with van der Waals surface area (Å²) in [7, 11) is 0. The molecule has 186 valence electrons. The lowest BCUT2D eigenvalue weighted by molar-refractivity contribution is -0.141. The first-order valence-electron chi connectivity index (χ1n) is 12.7. The molecule has 0 bridgehead atoms. The van der Waals surface area contributed by atoms with E-state index < -0.39 is 17.3 Å². The van der Waals surface area contributed by atoms with Crippen LogP contribution in [0.1, 0.15) is 48.5 Å². The summed E-state index contributed by atoms with van der Waals surface area (Å²) >= 11 is 0. The zero-order chi connectivity index (χ0) is 26.3. The van der Waals surface area contributed by atoms with Crippen LogP contribution < -0.4 is 0 Å². The quantitative estimate of drug-likeness (QED) is 0.524. The number of carboxylic acid groups (broad SMARTS) is 1. The maximum Gasteiger partial charge on any atom is 0.306 e. The number of nitrogens with zero attached hydrogens (tertiary/aromatic N) is 3. The van der Waals surface area contributed by atoms with E-state index in [0.717, 1.165) is 40.1 Å². The topological polar surface area (TPSA) is 104 Å². The van der Waals surface area contributed by atoms with Crippen molar-refractivity contribution in [2.24, 2.45) is 17.8 Å². The van der Waals surface area contributed by atoms with Crippen LogP contribution in [-0.4, -0.2) is 26.8 Å². The van der Waals surface area contributed by atoms with Crippen molar-refractivity contribution in [2.45, 2.75) is 45.4 Å². The van der Waals surface area contributed by atoms with Crippen LogP contribution in [-0.2, 0) is 27.8 Å². The molecule has 1 unspecified atom stereocenters. The molecule has 2 aliphatic carbocycles. The second-order valence-electron chi connectivity index (χ2n) is 10.3. The van der Waals surface area contributed by atoms with Gasteiger partial charge in [0.25, 0.3) is 0 Å². The molecule has 0 amide bonds. The maximum absolute atomic E-state index is 13.1. The zero-order valence-corrected chi connectivity index (χ0v) is 21.2. The average Bonchev–Trinajstić information content (AvgIpc) is 2.90. The molecule has 1 aromatic heterocycles. The Morgan fingerprint density at radius 2 is 1.95 bits per heavy atom. The second-order valence-corrected chi connectivity index (χ2v) is 10.3. The van der Waals surface area contributed by atoms with Gasteiger partial charge in [-0.15, -0.1) is 0 Å². The number of Topliss-reactive ketones (excluding diaryl/α,β-unsaturated/α-hetero) is 1. The summed E-state index contributed by atoms with van der Waals surface area (Å²) in [6.07, 6.45) is 3.76.